The molecule has 2 aromatic rings. The van der Waals surface area contributed by atoms with Gasteiger partial charge >= 0.3 is 0 Å². The van der Waals surface area contributed by atoms with Crippen molar-refractivity contribution >= 4 is 70.3 Å². The van der Waals surface area contributed by atoms with Gasteiger partial charge in [-0.1, -0.05) is 65.9 Å². The highest BCUT2D eigenvalue weighted by Crippen LogP contribution is 2.45. The molecule has 1 unspecified atom stereocenters. The van der Waals surface area contributed by atoms with Gasteiger partial charge in [-0.2, -0.15) is 0 Å². The Bertz CT molecular complexity index is 3010. The molecule has 3 aliphatic heterocycles. The first-order valence-corrected chi connectivity index (χ1v) is 34.7. The molecule has 96 heavy (non-hydrogen) atoms. The molecule has 3 aliphatic carbocycles. The van der Waals surface area contributed by atoms with Crippen LogP contribution in [0.25, 0.3) is 0 Å². The number of hydrogen-bond donors (Lipinski definition) is 6. The Labute approximate surface area is 562 Å². The normalized spacial score (nSPS) is 20.4. The maximum Gasteiger partial charge on any atom is 0.289 e. The lowest BCUT2D eigenvalue weighted by Gasteiger charge is -2.37. The van der Waals surface area contributed by atoms with Crippen molar-refractivity contribution in [2.75, 3.05) is 104 Å². The number of nitrogens with zero attached hydrogens (tertiary/aromatic N) is 4. The van der Waals surface area contributed by atoms with E-state index in [-0.39, 0.29) is 142 Å². The molecule has 7 atom stereocenters. The van der Waals surface area contributed by atoms with E-state index in [0.717, 1.165) is 62.6 Å². The number of ketones is 3. The third-order valence-corrected chi connectivity index (χ3v) is 18.8. The van der Waals surface area contributed by atoms with Crippen molar-refractivity contribution in [2.24, 2.45) is 29.1 Å². The largest absolute Gasteiger partial charge is 0.382 e. The van der Waals surface area contributed by atoms with Crippen LogP contribution in [-0.2, 0) is 73.3 Å². The van der Waals surface area contributed by atoms with Crippen LogP contribution in [0.5, 0.6) is 0 Å². The highest BCUT2D eigenvalue weighted by atomic mass is 16.6. The van der Waals surface area contributed by atoms with Crippen LogP contribution in [0, 0.1) is 29.1 Å². The molecule has 27 heteroatoms. The van der Waals surface area contributed by atoms with E-state index >= 15 is 0 Å². The summed E-state index contributed by atoms with van der Waals surface area (Å²) in [5.41, 5.74) is 1.44. The Balaban J connectivity index is 0.641. The fraction of sp³-hybridized carbons (Fsp3) is 0.696. The summed E-state index contributed by atoms with van der Waals surface area (Å²) in [5, 5.41) is 17.0. The zero-order chi connectivity index (χ0) is 68.6. The number of Topliss-reactive ketones (excluding diaryl/α,β-unsaturated/α-hetero) is 3. The number of ether oxygens (including phenoxy) is 6. The molecule has 6 N–H and O–H groups in total. The number of imide groups is 1. The second-order valence-electron chi connectivity index (χ2n) is 26.9. The summed E-state index contributed by atoms with van der Waals surface area (Å²) in [7, 11) is 0. The fourth-order valence-corrected chi connectivity index (χ4v) is 13.4. The molecule has 1 aromatic carbocycles. The zero-order valence-corrected chi connectivity index (χ0v) is 56.4. The van der Waals surface area contributed by atoms with E-state index in [1.807, 2.05) is 33.8 Å². The van der Waals surface area contributed by atoms with Crippen molar-refractivity contribution in [1.29, 1.82) is 0 Å². The summed E-state index contributed by atoms with van der Waals surface area (Å²) >= 11 is 0. The Morgan fingerprint density at radius 3 is 2.02 bits per heavy atom. The van der Waals surface area contributed by atoms with Crippen LogP contribution in [0.3, 0.4) is 0 Å². The predicted octanol–water partition coefficient (Wildman–Crippen LogP) is 3.98. The SMILES string of the molecule is CCC[C@H](NC(=O)[C@@H]1[C@H]2CCC[C@H]2CN1C(=O)[C@@H](CC(=O)[C@@H](NC(=O)c1cnc(C(=O)CCCOCCOCCNC(=O)CCOCCOCCOCCOCCNc2cccc3c2CN(C2CCC(=O)NC2=O)C3=O)cn1)C1CCCCC1)C(C)(C)C)C(=O)C(=O)NC1CC1. The highest BCUT2D eigenvalue weighted by molar-refractivity contribution is 6.38. The number of nitrogens with one attached hydrogen (secondary N) is 6. The minimum Gasteiger partial charge on any atom is -0.382 e. The first-order valence-electron chi connectivity index (χ1n) is 34.7. The Hall–Kier alpha value is -7.17. The third-order valence-electron chi connectivity index (χ3n) is 18.8. The highest BCUT2D eigenvalue weighted by Gasteiger charge is 2.53. The number of carbonyl (C=O) groups excluding carboxylic acids is 11. The summed E-state index contributed by atoms with van der Waals surface area (Å²) in [5.74, 6) is -5.62. The quantitative estimate of drug-likeness (QED) is 0.0237. The van der Waals surface area contributed by atoms with Crippen LogP contribution in [0.15, 0.2) is 30.6 Å². The van der Waals surface area contributed by atoms with Gasteiger partial charge in [-0.15, -0.1) is 0 Å². The zero-order valence-electron chi connectivity index (χ0n) is 56.4. The lowest BCUT2D eigenvalue weighted by molar-refractivity contribution is -0.148. The Morgan fingerprint density at radius 2 is 1.36 bits per heavy atom. The lowest BCUT2D eigenvalue weighted by Crippen LogP contribution is -2.56. The summed E-state index contributed by atoms with van der Waals surface area (Å²) < 4.78 is 33.5. The molecule has 3 saturated carbocycles. The van der Waals surface area contributed by atoms with Gasteiger partial charge in [0.25, 0.3) is 17.7 Å². The number of carbonyl (C=O) groups is 11. The van der Waals surface area contributed by atoms with Crippen LogP contribution in [0.4, 0.5) is 5.69 Å². The van der Waals surface area contributed by atoms with Crippen molar-refractivity contribution in [1.82, 2.24) is 46.4 Å². The maximum atomic E-state index is 15.0. The standard InChI is InChI=1S/C69H100N10O17/c1-5-12-52(62(84)66(88)74-46-20-21-46)75-65(87)61-47-16-9-15-45(47)42-79(61)68(90)50(69(2,3)4)39-57(81)60(44-13-7-6-8-14-44)77-63(85)54-41-72-53(40-73-54)56(80)19-11-27-91-31-33-94-30-26-71-58(82)24-28-92-32-35-95-37-38-96-36-34-93-29-25-70-51-18-10-17-48-49(51)43-78(67(48)89)55-22-23-59(83)76-64(55)86/h10,17-18,40-41,44-47,50,52,55,60-61,70H,5-9,11-16,19-39,42-43H2,1-4H3,(H,71,82)(H,74,88)(H,75,87)(H,77,85)(H,76,83,86)/t45-,47-,50+,52-,55?,60-,61-/m0/s1. The van der Waals surface area contributed by atoms with Gasteiger partial charge in [-0.25, -0.2) is 9.97 Å². The van der Waals surface area contributed by atoms with Crippen LogP contribution in [0.2, 0.25) is 0 Å². The van der Waals surface area contributed by atoms with Gasteiger partial charge in [0, 0.05) is 87.2 Å². The molecule has 0 radical (unpaired) electrons. The van der Waals surface area contributed by atoms with E-state index in [1.165, 1.54) is 17.3 Å². The topological polar surface area (TPSA) is 348 Å². The van der Waals surface area contributed by atoms with Crippen LogP contribution in [-0.4, -0.2) is 214 Å². The van der Waals surface area contributed by atoms with E-state index in [4.69, 9.17) is 28.4 Å². The second kappa shape index (κ2) is 37.5. The van der Waals surface area contributed by atoms with Crippen molar-refractivity contribution < 1.29 is 81.2 Å². The maximum absolute atomic E-state index is 15.0. The minimum atomic E-state index is -1.03. The third kappa shape index (κ3) is 21.9. The van der Waals surface area contributed by atoms with E-state index in [1.54, 1.807) is 17.0 Å². The number of anilines is 1. The van der Waals surface area contributed by atoms with Crippen molar-refractivity contribution in [3.05, 3.63) is 53.1 Å². The summed E-state index contributed by atoms with van der Waals surface area (Å²) in [4.78, 5) is 158. The number of fused-ring (bicyclic) bond motifs is 2. The predicted molar refractivity (Wildman–Crippen MR) is 349 cm³/mol. The Kier molecular flexibility index (Phi) is 29.2. The number of benzene rings is 1. The van der Waals surface area contributed by atoms with Gasteiger partial charge < -0.3 is 64.8 Å². The van der Waals surface area contributed by atoms with Gasteiger partial charge in [0.15, 0.2) is 11.6 Å². The minimum absolute atomic E-state index is 0.0219. The van der Waals surface area contributed by atoms with Crippen LogP contribution in [0.1, 0.15) is 180 Å². The van der Waals surface area contributed by atoms with Crippen molar-refractivity contribution in [2.45, 2.75) is 180 Å². The van der Waals surface area contributed by atoms with Crippen molar-refractivity contribution in [3.63, 3.8) is 0 Å². The van der Waals surface area contributed by atoms with Gasteiger partial charge in [0.1, 0.15) is 23.5 Å². The molecule has 1 aromatic heterocycles. The van der Waals surface area contributed by atoms with Gasteiger partial charge in [0.05, 0.1) is 97.2 Å². The molecule has 8 rings (SSSR count). The number of piperidine rings is 1. The Morgan fingerprint density at radius 1 is 0.708 bits per heavy atom. The summed E-state index contributed by atoms with van der Waals surface area (Å²) in [6, 6.07) is 1.92. The molecule has 0 bridgehead atoms. The second-order valence-corrected chi connectivity index (χ2v) is 26.9. The van der Waals surface area contributed by atoms with Crippen molar-refractivity contribution in [3.8, 4) is 0 Å². The number of likely N-dealkylation sites (tertiary alicyclic amines) is 1. The molecular weight excluding hydrogens is 1240 g/mol. The monoisotopic (exact) mass is 1340 g/mol. The molecule has 4 heterocycles. The molecule has 2 saturated heterocycles. The molecule has 528 valence electrons. The fourth-order valence-electron chi connectivity index (χ4n) is 13.4. The summed E-state index contributed by atoms with van der Waals surface area (Å²) in [6.45, 7) is 13.0. The number of rotatable bonds is 42. The molecule has 5 fully saturated rings. The molecule has 8 amide bonds. The van der Waals surface area contributed by atoms with E-state index < -0.39 is 64.9 Å². The molecule has 27 nitrogen and oxygen atoms in total. The van der Waals surface area contributed by atoms with Gasteiger partial charge in [-0.05, 0) is 93.1 Å². The molecule has 6 aliphatic rings. The van der Waals surface area contributed by atoms with Gasteiger partial charge in [0.2, 0.25) is 35.3 Å². The number of hydrogen-bond acceptors (Lipinski definition) is 20. The van der Waals surface area contributed by atoms with E-state index in [9.17, 15) is 52.7 Å². The lowest BCUT2D eigenvalue weighted by atomic mass is 9.74. The van der Waals surface area contributed by atoms with Crippen LogP contribution >= 0.6 is 0 Å². The average Bonchev–Trinajstić information content (AvgIpc) is 1.60. The van der Waals surface area contributed by atoms with Crippen LogP contribution < -0.4 is 31.9 Å². The number of amides is 8. The van der Waals surface area contributed by atoms with Gasteiger partial charge in [-0.3, -0.25) is 58.1 Å². The average molecular weight is 1340 g/mol. The molecule has 0 spiro atoms. The van der Waals surface area contributed by atoms with E-state index in [2.05, 4.69) is 41.9 Å². The first kappa shape index (κ1) is 74.6. The molecular formula is C69H100N10O17. The smallest absolute Gasteiger partial charge is 0.289 e. The van der Waals surface area contributed by atoms with E-state index in [0.29, 0.717) is 104 Å². The summed E-state index contributed by atoms with van der Waals surface area (Å²) in [6.07, 6.45) is 12.6. The number of aromatic nitrogens is 2. The first-order chi connectivity index (χ1) is 46.3.